The van der Waals surface area contributed by atoms with Crippen molar-refractivity contribution in [1.29, 1.82) is 0 Å². The minimum absolute atomic E-state index is 1.27. The second kappa shape index (κ2) is 7.18. The Hall–Kier alpha value is -0.940. The number of thiophene rings is 2. The molecule has 0 saturated carbocycles. The molecule has 0 bridgehead atoms. The predicted molar refractivity (Wildman–Crippen MR) is 98.1 cm³/mol. The lowest BCUT2D eigenvalue weighted by Gasteiger charge is -2.00. The van der Waals surface area contributed by atoms with Gasteiger partial charge in [0.2, 0.25) is 0 Å². The molecule has 0 spiro atoms. The number of allylic oxidation sites excluding steroid dienone is 3. The number of hydrogen-bond acceptors (Lipinski definition) is 4. The average molecular weight is 333 g/mol. The molecule has 0 atom stereocenters. The van der Waals surface area contributed by atoms with Crippen molar-refractivity contribution in [2.24, 2.45) is 0 Å². The van der Waals surface area contributed by atoms with Crippen molar-refractivity contribution in [3.05, 3.63) is 77.6 Å². The van der Waals surface area contributed by atoms with Crippen LogP contribution in [0.4, 0.5) is 0 Å². The van der Waals surface area contributed by atoms with Gasteiger partial charge in [-0.05, 0) is 51.4 Å². The molecule has 0 fully saturated rings. The molecule has 1 aliphatic rings. The Labute approximate surface area is 135 Å². The molecular weight excluding hydrogens is 320 g/mol. The fourth-order valence-corrected chi connectivity index (χ4v) is 4.68. The van der Waals surface area contributed by atoms with E-state index >= 15 is 0 Å². The average Bonchev–Trinajstić information content (AvgIpc) is 3.22. The Bertz CT molecular complexity index is 599. The van der Waals surface area contributed by atoms with Crippen molar-refractivity contribution in [2.75, 3.05) is 0 Å². The quantitative estimate of drug-likeness (QED) is 0.611. The van der Waals surface area contributed by atoms with Gasteiger partial charge in [0, 0.05) is 9.75 Å². The smallest absolute Gasteiger partial charge is 0.0559 e. The summed E-state index contributed by atoms with van der Waals surface area (Å²) in [5.74, 6) is 0. The molecule has 0 amide bonds. The SMILES string of the molecule is C1=CSC(=C(/C=C/c2cccs2)/C=C/c2cccs2)S1. The van der Waals surface area contributed by atoms with Crippen LogP contribution in [-0.4, -0.2) is 0 Å². The third-order valence-corrected chi connectivity index (χ3v) is 6.45. The summed E-state index contributed by atoms with van der Waals surface area (Å²) in [4.78, 5) is 2.57. The molecule has 3 heterocycles. The van der Waals surface area contributed by atoms with E-state index in [4.69, 9.17) is 0 Å². The summed E-state index contributed by atoms with van der Waals surface area (Å²) in [5, 5.41) is 8.49. The molecule has 0 N–H and O–H groups in total. The summed E-state index contributed by atoms with van der Waals surface area (Å²) in [7, 11) is 0. The number of thioether (sulfide) groups is 2. The molecule has 100 valence electrons. The summed E-state index contributed by atoms with van der Waals surface area (Å²) >= 11 is 7.11. The third-order valence-electron chi connectivity index (χ3n) is 2.58. The zero-order valence-corrected chi connectivity index (χ0v) is 13.8. The summed E-state index contributed by atoms with van der Waals surface area (Å²) in [6, 6.07) is 8.44. The van der Waals surface area contributed by atoms with E-state index < -0.39 is 0 Å². The van der Waals surface area contributed by atoms with E-state index in [1.165, 1.54) is 19.6 Å². The standard InChI is InChI=1S/C16H12S4/c1-3-14(17-9-1)7-5-13(16-19-11-12-20-16)6-8-15-4-2-10-18-15/h1-12H/b7-5+,8-6+. The number of rotatable bonds is 4. The fourth-order valence-electron chi connectivity index (χ4n) is 1.65. The Kier molecular flexibility index (Phi) is 5.03. The van der Waals surface area contributed by atoms with Crippen LogP contribution in [0.15, 0.2) is 67.8 Å². The van der Waals surface area contributed by atoms with E-state index in [0.29, 0.717) is 0 Å². The second-order valence-electron chi connectivity index (χ2n) is 3.95. The van der Waals surface area contributed by atoms with Crippen LogP contribution in [0.25, 0.3) is 12.2 Å². The minimum Gasteiger partial charge on any atom is -0.144 e. The van der Waals surface area contributed by atoms with E-state index in [9.17, 15) is 0 Å². The Morgan fingerprint density at radius 2 is 1.35 bits per heavy atom. The Morgan fingerprint density at radius 1 is 0.800 bits per heavy atom. The van der Waals surface area contributed by atoms with Crippen molar-refractivity contribution in [3.63, 3.8) is 0 Å². The largest absolute Gasteiger partial charge is 0.144 e. The van der Waals surface area contributed by atoms with Gasteiger partial charge in [-0.1, -0.05) is 47.8 Å². The van der Waals surface area contributed by atoms with Gasteiger partial charge in [-0.25, -0.2) is 0 Å². The van der Waals surface area contributed by atoms with Crippen LogP contribution in [0.2, 0.25) is 0 Å². The van der Waals surface area contributed by atoms with Crippen LogP contribution in [0, 0.1) is 0 Å². The Balaban J connectivity index is 1.83. The summed E-state index contributed by atoms with van der Waals surface area (Å²) < 4.78 is 1.34. The molecule has 0 saturated heterocycles. The third kappa shape index (κ3) is 3.79. The van der Waals surface area contributed by atoms with Crippen LogP contribution in [0.3, 0.4) is 0 Å². The van der Waals surface area contributed by atoms with Crippen LogP contribution in [0.5, 0.6) is 0 Å². The van der Waals surface area contributed by atoms with Crippen molar-refractivity contribution in [1.82, 2.24) is 0 Å². The molecular formula is C16H12S4. The van der Waals surface area contributed by atoms with E-state index in [-0.39, 0.29) is 0 Å². The molecule has 4 heteroatoms. The van der Waals surface area contributed by atoms with Crippen LogP contribution < -0.4 is 0 Å². The van der Waals surface area contributed by atoms with Crippen LogP contribution in [-0.2, 0) is 0 Å². The molecule has 2 aromatic heterocycles. The predicted octanol–water partition coefficient (Wildman–Crippen LogP) is 6.70. The van der Waals surface area contributed by atoms with Gasteiger partial charge in [-0.2, -0.15) is 0 Å². The first-order valence-electron chi connectivity index (χ1n) is 6.07. The normalized spacial score (nSPS) is 14.9. The van der Waals surface area contributed by atoms with Gasteiger partial charge < -0.3 is 0 Å². The molecule has 2 aromatic rings. The number of hydrogen-bond donors (Lipinski definition) is 0. The van der Waals surface area contributed by atoms with Gasteiger partial charge in [0.05, 0.1) is 4.24 Å². The highest BCUT2D eigenvalue weighted by Gasteiger charge is 2.06. The van der Waals surface area contributed by atoms with E-state index in [2.05, 4.69) is 70.1 Å². The van der Waals surface area contributed by atoms with Crippen molar-refractivity contribution in [2.45, 2.75) is 0 Å². The van der Waals surface area contributed by atoms with E-state index in [1.807, 2.05) is 0 Å². The molecule has 0 aliphatic carbocycles. The first-order chi connectivity index (χ1) is 9.92. The second-order valence-corrected chi connectivity index (χ2v) is 8.00. The van der Waals surface area contributed by atoms with Crippen molar-refractivity contribution < 1.29 is 0 Å². The topological polar surface area (TPSA) is 0 Å². The van der Waals surface area contributed by atoms with Gasteiger partial charge in [-0.15, -0.1) is 22.7 Å². The molecule has 0 aromatic carbocycles. The van der Waals surface area contributed by atoms with Gasteiger partial charge in [0.15, 0.2) is 0 Å². The van der Waals surface area contributed by atoms with Gasteiger partial charge in [-0.3, -0.25) is 0 Å². The minimum atomic E-state index is 1.27. The van der Waals surface area contributed by atoms with Crippen molar-refractivity contribution in [3.8, 4) is 0 Å². The zero-order valence-electron chi connectivity index (χ0n) is 10.6. The molecule has 1 aliphatic heterocycles. The first-order valence-corrected chi connectivity index (χ1v) is 9.59. The first kappa shape index (κ1) is 14.0. The van der Waals surface area contributed by atoms with Crippen molar-refractivity contribution >= 4 is 58.3 Å². The summed E-state index contributed by atoms with van der Waals surface area (Å²) in [5.41, 5.74) is 1.27. The lowest BCUT2D eigenvalue weighted by molar-refractivity contribution is 1.76. The van der Waals surface area contributed by atoms with Crippen LogP contribution >= 0.6 is 46.2 Å². The van der Waals surface area contributed by atoms with Gasteiger partial charge in [0.1, 0.15) is 0 Å². The summed E-state index contributed by atoms with van der Waals surface area (Å²) in [6.07, 6.45) is 8.78. The van der Waals surface area contributed by atoms with Gasteiger partial charge in [0.25, 0.3) is 0 Å². The van der Waals surface area contributed by atoms with Gasteiger partial charge >= 0.3 is 0 Å². The van der Waals surface area contributed by atoms with Crippen LogP contribution in [0.1, 0.15) is 9.75 Å². The zero-order chi connectivity index (χ0) is 13.6. The lowest BCUT2D eigenvalue weighted by atomic mass is 10.2. The molecule has 0 unspecified atom stereocenters. The maximum atomic E-state index is 2.21. The van der Waals surface area contributed by atoms with E-state index in [1.54, 1.807) is 46.2 Å². The molecule has 0 nitrogen and oxygen atoms in total. The lowest BCUT2D eigenvalue weighted by Crippen LogP contribution is -1.75. The molecule has 3 rings (SSSR count). The Morgan fingerprint density at radius 3 is 1.80 bits per heavy atom. The highest BCUT2D eigenvalue weighted by Crippen LogP contribution is 2.40. The highest BCUT2D eigenvalue weighted by molar-refractivity contribution is 8.27. The maximum absolute atomic E-state index is 2.21. The maximum Gasteiger partial charge on any atom is 0.0559 e. The summed E-state index contributed by atoms with van der Waals surface area (Å²) in [6.45, 7) is 0. The van der Waals surface area contributed by atoms with E-state index in [0.717, 1.165) is 0 Å². The highest BCUT2D eigenvalue weighted by atomic mass is 32.2. The molecule has 0 radical (unpaired) electrons. The monoisotopic (exact) mass is 332 g/mol. The molecule has 20 heavy (non-hydrogen) atoms. The fraction of sp³-hybridized carbons (Fsp3) is 0.